The van der Waals surface area contributed by atoms with E-state index in [1.54, 1.807) is 11.9 Å². The van der Waals surface area contributed by atoms with Gasteiger partial charge in [-0.25, -0.2) is 0 Å². The normalized spacial score (nSPS) is 16.8. The third kappa shape index (κ3) is 3.55. The molecule has 112 valence electrons. The molecule has 0 bridgehead atoms. The number of aryl methyl sites for hydroxylation is 1. The number of nitriles is 1. The average Bonchev–Trinajstić information content (AvgIpc) is 2.54. The molecule has 1 aromatic rings. The first-order valence-electron chi connectivity index (χ1n) is 7.56. The van der Waals surface area contributed by atoms with E-state index in [-0.39, 0.29) is 12.5 Å². The van der Waals surface area contributed by atoms with Crippen molar-refractivity contribution in [2.45, 2.75) is 44.6 Å². The van der Waals surface area contributed by atoms with Crippen molar-refractivity contribution in [3.05, 3.63) is 29.8 Å². The molecule has 0 radical (unpaired) electrons. The van der Waals surface area contributed by atoms with Crippen LogP contribution >= 0.6 is 0 Å². The second kappa shape index (κ2) is 6.62. The van der Waals surface area contributed by atoms with Gasteiger partial charge in [0.15, 0.2) is 0 Å². The van der Waals surface area contributed by atoms with Gasteiger partial charge in [-0.15, -0.1) is 0 Å². The highest BCUT2D eigenvalue weighted by Crippen LogP contribution is 2.32. The van der Waals surface area contributed by atoms with Crippen LogP contribution in [0.4, 0.5) is 5.69 Å². The Labute approximate surface area is 126 Å². The molecule has 1 fully saturated rings. The fourth-order valence-electron chi connectivity index (χ4n) is 2.87. The molecule has 0 saturated heterocycles. The smallest absolute Gasteiger partial charge is 0.242 e. The number of anilines is 1. The van der Waals surface area contributed by atoms with E-state index in [1.807, 2.05) is 31.2 Å². The Bertz CT molecular complexity index is 524. The van der Waals surface area contributed by atoms with E-state index in [9.17, 15) is 10.1 Å². The Morgan fingerprint density at radius 2 is 1.90 bits per heavy atom. The van der Waals surface area contributed by atoms with Gasteiger partial charge in [0.2, 0.25) is 5.91 Å². The average molecular weight is 285 g/mol. The van der Waals surface area contributed by atoms with Gasteiger partial charge in [-0.1, -0.05) is 37.0 Å². The number of benzene rings is 1. The van der Waals surface area contributed by atoms with Crippen LogP contribution in [0.5, 0.6) is 0 Å². The first-order chi connectivity index (χ1) is 10.1. The molecule has 1 aliphatic carbocycles. The highest BCUT2D eigenvalue weighted by molar-refractivity contribution is 5.81. The zero-order valence-electron chi connectivity index (χ0n) is 12.9. The van der Waals surface area contributed by atoms with Crippen LogP contribution in [0.2, 0.25) is 0 Å². The minimum Gasteiger partial charge on any atom is -0.376 e. The van der Waals surface area contributed by atoms with Crippen LogP contribution in [-0.4, -0.2) is 29.9 Å². The summed E-state index contributed by atoms with van der Waals surface area (Å²) < 4.78 is 0. The van der Waals surface area contributed by atoms with Crippen molar-refractivity contribution in [2.75, 3.05) is 18.9 Å². The second-order valence-electron chi connectivity index (χ2n) is 5.88. The molecule has 0 heterocycles. The van der Waals surface area contributed by atoms with Crippen LogP contribution in [0.1, 0.15) is 37.7 Å². The maximum Gasteiger partial charge on any atom is 0.242 e. The molecule has 21 heavy (non-hydrogen) atoms. The number of rotatable bonds is 4. The molecule has 1 aromatic carbocycles. The third-order valence-corrected chi connectivity index (χ3v) is 4.40. The van der Waals surface area contributed by atoms with Crippen molar-refractivity contribution in [2.24, 2.45) is 0 Å². The van der Waals surface area contributed by atoms with Crippen LogP contribution in [0.25, 0.3) is 0 Å². The van der Waals surface area contributed by atoms with E-state index >= 15 is 0 Å². The van der Waals surface area contributed by atoms with E-state index in [0.29, 0.717) is 0 Å². The van der Waals surface area contributed by atoms with Gasteiger partial charge in [0.05, 0.1) is 12.6 Å². The molecule has 0 aromatic heterocycles. The number of hydrogen-bond donors (Lipinski definition) is 1. The van der Waals surface area contributed by atoms with E-state index in [2.05, 4.69) is 11.4 Å². The molecule has 1 saturated carbocycles. The molecule has 0 atom stereocenters. The van der Waals surface area contributed by atoms with E-state index in [1.165, 1.54) is 5.56 Å². The minimum atomic E-state index is -0.607. The summed E-state index contributed by atoms with van der Waals surface area (Å²) in [4.78, 5) is 14.0. The summed E-state index contributed by atoms with van der Waals surface area (Å²) in [7, 11) is 1.76. The molecule has 1 aliphatic rings. The van der Waals surface area contributed by atoms with Crippen LogP contribution in [0.15, 0.2) is 24.3 Å². The van der Waals surface area contributed by atoms with Crippen LogP contribution < -0.4 is 5.32 Å². The molecule has 0 unspecified atom stereocenters. The number of nitrogens with zero attached hydrogens (tertiary/aromatic N) is 2. The molecule has 0 aliphatic heterocycles. The van der Waals surface area contributed by atoms with Crippen LogP contribution in [0, 0.1) is 18.3 Å². The summed E-state index contributed by atoms with van der Waals surface area (Å²) in [5.74, 6) is -0.0287. The van der Waals surface area contributed by atoms with Crippen molar-refractivity contribution in [3.8, 4) is 6.07 Å². The molecule has 4 nitrogen and oxygen atoms in total. The van der Waals surface area contributed by atoms with Gasteiger partial charge in [-0.2, -0.15) is 5.26 Å². The molecule has 2 rings (SSSR count). The van der Waals surface area contributed by atoms with E-state index in [4.69, 9.17) is 0 Å². The summed E-state index contributed by atoms with van der Waals surface area (Å²) >= 11 is 0. The summed E-state index contributed by atoms with van der Waals surface area (Å²) in [6, 6.07) is 10.3. The Balaban J connectivity index is 1.95. The number of hydrogen-bond acceptors (Lipinski definition) is 3. The Morgan fingerprint density at radius 1 is 1.29 bits per heavy atom. The minimum absolute atomic E-state index is 0.0287. The number of likely N-dealkylation sites (N-methyl/N-ethyl adjacent to an activating group) is 1. The van der Waals surface area contributed by atoms with Crippen molar-refractivity contribution in [1.29, 1.82) is 5.26 Å². The predicted molar refractivity (Wildman–Crippen MR) is 83.9 cm³/mol. The Kier molecular flexibility index (Phi) is 4.85. The SMILES string of the molecule is Cc1ccc(NCC(=O)N(C)C2(C#N)CCCCC2)cc1. The standard InChI is InChI=1S/C17H23N3O/c1-14-6-8-15(9-7-14)19-12-16(21)20(2)17(13-18)10-4-3-5-11-17/h6-9,19H,3-5,10-12H2,1-2H3. The Hall–Kier alpha value is -2.02. The lowest BCUT2D eigenvalue weighted by Gasteiger charge is -2.39. The van der Waals surface area contributed by atoms with Crippen molar-refractivity contribution >= 4 is 11.6 Å². The lowest BCUT2D eigenvalue weighted by Crippen LogP contribution is -2.51. The summed E-state index contributed by atoms with van der Waals surface area (Å²) in [6.07, 6.45) is 4.78. The molecule has 4 heteroatoms. The van der Waals surface area contributed by atoms with E-state index in [0.717, 1.165) is 37.8 Å². The molecular formula is C17H23N3O. The topological polar surface area (TPSA) is 56.1 Å². The maximum absolute atomic E-state index is 12.4. The van der Waals surface area contributed by atoms with Crippen LogP contribution in [-0.2, 0) is 4.79 Å². The van der Waals surface area contributed by atoms with Crippen LogP contribution in [0.3, 0.4) is 0 Å². The van der Waals surface area contributed by atoms with Gasteiger partial charge < -0.3 is 10.2 Å². The number of carbonyl (C=O) groups excluding carboxylic acids is 1. The number of amides is 1. The monoisotopic (exact) mass is 285 g/mol. The summed E-state index contributed by atoms with van der Waals surface area (Å²) in [5.41, 5.74) is 1.51. The highest BCUT2D eigenvalue weighted by Gasteiger charge is 2.38. The van der Waals surface area contributed by atoms with Crippen molar-refractivity contribution in [1.82, 2.24) is 4.90 Å². The number of carbonyl (C=O) groups is 1. The zero-order chi connectivity index (χ0) is 15.3. The quantitative estimate of drug-likeness (QED) is 0.925. The van der Waals surface area contributed by atoms with Crippen molar-refractivity contribution < 1.29 is 4.79 Å². The second-order valence-corrected chi connectivity index (χ2v) is 5.88. The molecule has 0 spiro atoms. The van der Waals surface area contributed by atoms with Gasteiger partial charge >= 0.3 is 0 Å². The molecular weight excluding hydrogens is 262 g/mol. The third-order valence-electron chi connectivity index (χ3n) is 4.40. The Morgan fingerprint density at radius 3 is 2.48 bits per heavy atom. The van der Waals surface area contributed by atoms with Gasteiger partial charge in [0.1, 0.15) is 5.54 Å². The van der Waals surface area contributed by atoms with Crippen molar-refractivity contribution in [3.63, 3.8) is 0 Å². The first-order valence-corrected chi connectivity index (χ1v) is 7.56. The van der Waals surface area contributed by atoms with E-state index < -0.39 is 5.54 Å². The molecule has 1 amide bonds. The number of nitrogens with one attached hydrogen (secondary N) is 1. The largest absolute Gasteiger partial charge is 0.376 e. The highest BCUT2D eigenvalue weighted by atomic mass is 16.2. The maximum atomic E-state index is 12.4. The lowest BCUT2D eigenvalue weighted by atomic mass is 9.81. The van der Waals surface area contributed by atoms with Gasteiger partial charge in [-0.3, -0.25) is 4.79 Å². The van der Waals surface area contributed by atoms with Gasteiger partial charge in [0, 0.05) is 12.7 Å². The molecule has 1 N–H and O–H groups in total. The van der Waals surface area contributed by atoms with Gasteiger partial charge in [0.25, 0.3) is 0 Å². The summed E-state index contributed by atoms with van der Waals surface area (Å²) in [6.45, 7) is 2.26. The summed E-state index contributed by atoms with van der Waals surface area (Å²) in [5, 5.41) is 12.6. The first kappa shape index (κ1) is 15.4. The fraction of sp³-hybridized carbons (Fsp3) is 0.529. The van der Waals surface area contributed by atoms with Gasteiger partial charge in [-0.05, 0) is 31.9 Å². The lowest BCUT2D eigenvalue weighted by molar-refractivity contribution is -0.132. The predicted octanol–water partition coefficient (Wildman–Crippen LogP) is 3.09. The fourth-order valence-corrected chi connectivity index (χ4v) is 2.87. The zero-order valence-corrected chi connectivity index (χ0v) is 12.9.